The molecule has 1 amide bonds. The van der Waals surface area contributed by atoms with Gasteiger partial charge >= 0.3 is 0 Å². The van der Waals surface area contributed by atoms with Crippen LogP contribution in [-0.2, 0) is 17.8 Å². The minimum absolute atomic E-state index is 0.0267. The molecule has 4 aromatic rings. The van der Waals surface area contributed by atoms with Crippen molar-refractivity contribution in [1.29, 1.82) is 0 Å². The Hall–Kier alpha value is -3.02. The molecule has 3 aromatic carbocycles. The summed E-state index contributed by atoms with van der Waals surface area (Å²) in [4.78, 5) is 17.1. The highest BCUT2D eigenvalue weighted by atomic mass is 35.5. The maximum atomic E-state index is 12.3. The SMILES string of the molecule is Cc1ccc(C)c(OCC(=O)NCCc2nc3ccccc3n2Cc2ccc(Cl)cc2Cl)c1. The molecule has 7 heteroatoms. The molecule has 33 heavy (non-hydrogen) atoms. The Labute approximate surface area is 203 Å². The highest BCUT2D eigenvalue weighted by Crippen LogP contribution is 2.25. The Morgan fingerprint density at radius 2 is 1.88 bits per heavy atom. The van der Waals surface area contributed by atoms with Gasteiger partial charge in [0.1, 0.15) is 11.6 Å². The monoisotopic (exact) mass is 481 g/mol. The summed E-state index contributed by atoms with van der Waals surface area (Å²) < 4.78 is 7.83. The van der Waals surface area contributed by atoms with Gasteiger partial charge < -0.3 is 14.6 Å². The van der Waals surface area contributed by atoms with Crippen molar-refractivity contribution in [3.63, 3.8) is 0 Å². The third-order valence-electron chi connectivity index (χ3n) is 5.45. The fourth-order valence-corrected chi connectivity index (χ4v) is 4.15. The van der Waals surface area contributed by atoms with Crippen molar-refractivity contribution >= 4 is 40.1 Å². The van der Waals surface area contributed by atoms with Gasteiger partial charge in [0.25, 0.3) is 5.91 Å². The average molecular weight is 482 g/mol. The van der Waals surface area contributed by atoms with E-state index in [1.807, 2.05) is 68.4 Å². The maximum Gasteiger partial charge on any atom is 0.257 e. The van der Waals surface area contributed by atoms with E-state index in [1.165, 1.54) is 0 Å². The Morgan fingerprint density at radius 3 is 2.70 bits per heavy atom. The van der Waals surface area contributed by atoms with Crippen molar-refractivity contribution in [2.24, 2.45) is 0 Å². The zero-order valence-corrected chi connectivity index (χ0v) is 20.1. The highest BCUT2D eigenvalue weighted by Gasteiger charge is 2.13. The Morgan fingerprint density at radius 1 is 1.06 bits per heavy atom. The number of imidazole rings is 1. The standard InChI is InChI=1S/C26H25Cl2N3O2/c1-17-7-8-18(2)24(13-17)33-16-26(32)29-12-11-25-30-22-5-3-4-6-23(22)31(25)15-19-9-10-20(27)14-21(19)28/h3-10,13-14H,11-12,15-16H2,1-2H3,(H,29,32). The fraction of sp³-hybridized carbons (Fsp3) is 0.231. The van der Waals surface area contributed by atoms with Crippen LogP contribution in [0.1, 0.15) is 22.5 Å². The van der Waals surface area contributed by atoms with Gasteiger partial charge in [-0.25, -0.2) is 4.98 Å². The third-order valence-corrected chi connectivity index (χ3v) is 6.04. The lowest BCUT2D eigenvalue weighted by Crippen LogP contribution is -2.31. The van der Waals surface area contributed by atoms with Crippen molar-refractivity contribution in [3.05, 3.63) is 93.2 Å². The topological polar surface area (TPSA) is 56.1 Å². The molecule has 0 saturated carbocycles. The summed E-state index contributed by atoms with van der Waals surface area (Å²) in [5, 5.41) is 4.15. The Bertz CT molecular complexity index is 1300. The fourth-order valence-electron chi connectivity index (χ4n) is 3.68. The summed E-state index contributed by atoms with van der Waals surface area (Å²) in [5.74, 6) is 1.43. The van der Waals surface area contributed by atoms with Crippen LogP contribution in [0.5, 0.6) is 5.75 Å². The summed E-state index contributed by atoms with van der Waals surface area (Å²) in [6.07, 6.45) is 0.578. The maximum absolute atomic E-state index is 12.3. The highest BCUT2D eigenvalue weighted by molar-refractivity contribution is 6.35. The zero-order chi connectivity index (χ0) is 23.4. The molecule has 4 rings (SSSR count). The van der Waals surface area contributed by atoms with E-state index >= 15 is 0 Å². The van der Waals surface area contributed by atoms with E-state index in [-0.39, 0.29) is 12.5 Å². The quantitative estimate of drug-likeness (QED) is 0.348. The van der Waals surface area contributed by atoms with Crippen LogP contribution in [0.15, 0.2) is 60.7 Å². The normalized spacial score (nSPS) is 11.0. The predicted molar refractivity (Wildman–Crippen MR) is 133 cm³/mol. The first kappa shape index (κ1) is 23.1. The molecule has 0 spiro atoms. The number of rotatable bonds is 8. The van der Waals surface area contributed by atoms with E-state index in [9.17, 15) is 4.79 Å². The van der Waals surface area contributed by atoms with Gasteiger partial charge in [-0.2, -0.15) is 0 Å². The molecule has 0 aliphatic heterocycles. The van der Waals surface area contributed by atoms with Crippen LogP contribution in [0.2, 0.25) is 10.0 Å². The summed E-state index contributed by atoms with van der Waals surface area (Å²) in [5.41, 5.74) is 4.97. The summed E-state index contributed by atoms with van der Waals surface area (Å²) >= 11 is 12.5. The van der Waals surface area contributed by atoms with E-state index in [0.29, 0.717) is 29.6 Å². The van der Waals surface area contributed by atoms with Crippen LogP contribution >= 0.6 is 23.2 Å². The second kappa shape index (κ2) is 10.3. The minimum atomic E-state index is -0.167. The van der Waals surface area contributed by atoms with Crippen LogP contribution in [0.25, 0.3) is 11.0 Å². The molecule has 5 nitrogen and oxygen atoms in total. The van der Waals surface area contributed by atoms with Crippen molar-refractivity contribution in [2.45, 2.75) is 26.8 Å². The van der Waals surface area contributed by atoms with Crippen molar-refractivity contribution in [3.8, 4) is 5.75 Å². The van der Waals surface area contributed by atoms with Gasteiger partial charge in [0.15, 0.2) is 6.61 Å². The second-order valence-corrected chi connectivity index (χ2v) is 8.84. The molecule has 170 valence electrons. The van der Waals surface area contributed by atoms with Crippen LogP contribution in [-0.4, -0.2) is 28.6 Å². The van der Waals surface area contributed by atoms with E-state index < -0.39 is 0 Å². The van der Waals surface area contributed by atoms with Gasteiger partial charge in [0.05, 0.1) is 17.6 Å². The number of carbonyl (C=O) groups is 1. The van der Waals surface area contributed by atoms with E-state index in [0.717, 1.165) is 39.3 Å². The predicted octanol–water partition coefficient (Wildman–Crippen LogP) is 5.75. The number of ether oxygens (including phenoxy) is 1. The van der Waals surface area contributed by atoms with Crippen molar-refractivity contribution < 1.29 is 9.53 Å². The molecule has 0 aliphatic carbocycles. The number of hydrogen-bond donors (Lipinski definition) is 1. The molecule has 1 N–H and O–H groups in total. The molecular weight excluding hydrogens is 457 g/mol. The number of carbonyl (C=O) groups excluding carboxylic acids is 1. The molecule has 0 unspecified atom stereocenters. The Kier molecular flexibility index (Phi) is 7.21. The van der Waals surface area contributed by atoms with Crippen molar-refractivity contribution in [2.75, 3.05) is 13.2 Å². The number of halogens is 2. The molecular formula is C26H25Cl2N3O2. The van der Waals surface area contributed by atoms with Gasteiger partial charge in [0.2, 0.25) is 0 Å². The summed E-state index contributed by atoms with van der Waals surface area (Å²) in [6.45, 7) is 4.95. The molecule has 0 fully saturated rings. The minimum Gasteiger partial charge on any atom is -0.483 e. The number of para-hydroxylation sites is 2. The molecule has 0 bridgehead atoms. The van der Waals surface area contributed by atoms with Gasteiger partial charge in [-0.1, -0.05) is 53.5 Å². The van der Waals surface area contributed by atoms with Gasteiger partial charge in [0, 0.05) is 23.0 Å². The molecule has 1 aromatic heterocycles. The number of nitrogens with zero attached hydrogens (tertiary/aromatic N) is 2. The second-order valence-electron chi connectivity index (χ2n) is 8.00. The molecule has 1 heterocycles. The molecule has 0 atom stereocenters. The van der Waals surface area contributed by atoms with E-state index in [1.54, 1.807) is 6.07 Å². The summed E-state index contributed by atoms with van der Waals surface area (Å²) in [7, 11) is 0. The van der Waals surface area contributed by atoms with Gasteiger partial charge in [-0.05, 0) is 60.9 Å². The number of aromatic nitrogens is 2. The van der Waals surface area contributed by atoms with Crippen LogP contribution < -0.4 is 10.1 Å². The third kappa shape index (κ3) is 5.67. The largest absolute Gasteiger partial charge is 0.483 e. The molecule has 0 aliphatic rings. The van der Waals surface area contributed by atoms with E-state index in [4.69, 9.17) is 32.9 Å². The van der Waals surface area contributed by atoms with Crippen LogP contribution in [0, 0.1) is 13.8 Å². The van der Waals surface area contributed by atoms with Gasteiger partial charge in [-0.15, -0.1) is 0 Å². The van der Waals surface area contributed by atoms with Crippen molar-refractivity contribution in [1.82, 2.24) is 14.9 Å². The van der Waals surface area contributed by atoms with Crippen LogP contribution in [0.3, 0.4) is 0 Å². The molecule has 0 saturated heterocycles. The first-order chi connectivity index (χ1) is 15.9. The number of benzene rings is 3. The molecule has 0 radical (unpaired) electrons. The Balaban J connectivity index is 1.42. The lowest BCUT2D eigenvalue weighted by Gasteiger charge is -2.12. The number of amides is 1. The number of hydrogen-bond acceptors (Lipinski definition) is 3. The van der Waals surface area contributed by atoms with Gasteiger partial charge in [-0.3, -0.25) is 4.79 Å². The number of fused-ring (bicyclic) bond motifs is 1. The lowest BCUT2D eigenvalue weighted by molar-refractivity contribution is -0.123. The average Bonchev–Trinajstić information content (AvgIpc) is 3.13. The first-order valence-electron chi connectivity index (χ1n) is 10.8. The summed E-state index contributed by atoms with van der Waals surface area (Å²) in [6, 6.07) is 19.4. The van der Waals surface area contributed by atoms with E-state index in [2.05, 4.69) is 9.88 Å². The first-order valence-corrected chi connectivity index (χ1v) is 11.5. The number of aryl methyl sites for hydroxylation is 2. The smallest absolute Gasteiger partial charge is 0.257 e. The number of nitrogens with one attached hydrogen (secondary N) is 1. The lowest BCUT2D eigenvalue weighted by atomic mass is 10.1. The van der Waals surface area contributed by atoms with Crippen LogP contribution in [0.4, 0.5) is 0 Å². The zero-order valence-electron chi connectivity index (χ0n) is 18.6.